The van der Waals surface area contributed by atoms with Crippen LogP contribution in [0.15, 0.2) is 48.5 Å². The second-order valence-corrected chi connectivity index (χ2v) is 7.59. The van der Waals surface area contributed by atoms with E-state index in [-0.39, 0.29) is 12.3 Å². The average Bonchev–Trinajstić information content (AvgIpc) is 3.02. The van der Waals surface area contributed by atoms with Crippen LogP contribution in [0.5, 0.6) is 0 Å². The molecule has 1 amide bonds. The van der Waals surface area contributed by atoms with Crippen molar-refractivity contribution in [1.82, 2.24) is 15.1 Å². The van der Waals surface area contributed by atoms with E-state index >= 15 is 0 Å². The van der Waals surface area contributed by atoms with Crippen LogP contribution in [0, 0.1) is 13.8 Å². The monoisotopic (exact) mass is 445 g/mol. The minimum atomic E-state index is -0.880. The van der Waals surface area contributed by atoms with Crippen LogP contribution in [0.1, 0.15) is 28.6 Å². The summed E-state index contributed by atoms with van der Waals surface area (Å²) < 4.78 is 6.57. The van der Waals surface area contributed by atoms with Gasteiger partial charge >= 0.3 is 5.97 Å². The Labute approximate surface area is 184 Å². The Morgan fingerprint density at radius 3 is 2.43 bits per heavy atom. The lowest BCUT2D eigenvalue weighted by atomic mass is 10.1. The number of carbonyl (C=O) groups is 2. The number of aryl methyl sites for hydroxylation is 1. The van der Waals surface area contributed by atoms with Gasteiger partial charge in [0.25, 0.3) is 0 Å². The third kappa shape index (κ3) is 4.66. The molecule has 0 aliphatic carbocycles. The molecule has 0 aliphatic heterocycles. The van der Waals surface area contributed by atoms with Gasteiger partial charge < -0.3 is 10.1 Å². The van der Waals surface area contributed by atoms with Crippen LogP contribution >= 0.6 is 23.2 Å². The Bertz CT molecular complexity index is 1080. The maximum absolute atomic E-state index is 12.8. The van der Waals surface area contributed by atoms with Crippen LogP contribution in [-0.4, -0.2) is 28.8 Å². The number of methoxy groups -OCH3 is 1. The van der Waals surface area contributed by atoms with Crippen LogP contribution < -0.4 is 5.32 Å². The molecule has 0 aliphatic rings. The van der Waals surface area contributed by atoms with E-state index < -0.39 is 12.0 Å². The number of ether oxygens (including phenoxy) is 1. The Balaban J connectivity index is 1.83. The fourth-order valence-electron chi connectivity index (χ4n) is 3.21. The predicted molar refractivity (Wildman–Crippen MR) is 116 cm³/mol. The third-order valence-electron chi connectivity index (χ3n) is 4.80. The van der Waals surface area contributed by atoms with Gasteiger partial charge in [0.1, 0.15) is 0 Å². The van der Waals surface area contributed by atoms with Crippen molar-refractivity contribution in [2.24, 2.45) is 0 Å². The number of amides is 1. The quantitative estimate of drug-likeness (QED) is 0.571. The third-order valence-corrected chi connectivity index (χ3v) is 5.54. The summed E-state index contributed by atoms with van der Waals surface area (Å²) in [5.41, 5.74) is 3.68. The van der Waals surface area contributed by atoms with E-state index in [1.54, 1.807) is 47.1 Å². The summed E-state index contributed by atoms with van der Waals surface area (Å²) in [6.07, 6.45) is 0.0688. The van der Waals surface area contributed by atoms with Gasteiger partial charge in [-0.15, -0.1) is 0 Å². The van der Waals surface area contributed by atoms with Crippen molar-refractivity contribution >= 4 is 35.1 Å². The van der Waals surface area contributed by atoms with Gasteiger partial charge in [-0.25, -0.2) is 9.48 Å². The molecular weight excluding hydrogens is 425 g/mol. The SMILES string of the molecule is COC(=O)[C@H](NC(=O)Cc1c(C)nn(-c2ccc(Cl)c(Cl)c2)c1C)c1ccccc1. The van der Waals surface area contributed by atoms with E-state index in [0.29, 0.717) is 21.3 Å². The first-order valence-corrected chi connectivity index (χ1v) is 10.00. The van der Waals surface area contributed by atoms with E-state index in [1.807, 2.05) is 19.9 Å². The molecule has 1 atom stereocenters. The smallest absolute Gasteiger partial charge is 0.333 e. The Hall–Kier alpha value is -2.83. The predicted octanol–water partition coefficient (Wildman–Crippen LogP) is 4.37. The number of halogens is 2. The number of esters is 1. The van der Waals surface area contributed by atoms with Crippen LogP contribution in [0.4, 0.5) is 0 Å². The number of rotatable bonds is 6. The van der Waals surface area contributed by atoms with Crippen molar-refractivity contribution in [3.8, 4) is 5.69 Å². The molecule has 1 heterocycles. The van der Waals surface area contributed by atoms with Gasteiger partial charge in [0, 0.05) is 11.3 Å². The van der Waals surface area contributed by atoms with Crippen molar-refractivity contribution in [3.05, 3.63) is 81.1 Å². The lowest BCUT2D eigenvalue weighted by Gasteiger charge is -2.17. The Kier molecular flexibility index (Phi) is 6.80. The lowest BCUT2D eigenvalue weighted by Crippen LogP contribution is -2.35. The maximum Gasteiger partial charge on any atom is 0.333 e. The van der Waals surface area contributed by atoms with Crippen LogP contribution in [0.2, 0.25) is 10.0 Å². The second-order valence-electron chi connectivity index (χ2n) is 6.77. The summed E-state index contributed by atoms with van der Waals surface area (Å²) in [7, 11) is 1.29. The molecule has 3 rings (SSSR count). The molecule has 0 unspecified atom stereocenters. The summed E-state index contributed by atoms with van der Waals surface area (Å²) in [6.45, 7) is 3.71. The zero-order valence-corrected chi connectivity index (χ0v) is 18.3. The van der Waals surface area contributed by atoms with Gasteiger partial charge in [0.15, 0.2) is 6.04 Å². The van der Waals surface area contributed by atoms with Crippen molar-refractivity contribution in [3.63, 3.8) is 0 Å². The van der Waals surface area contributed by atoms with E-state index in [1.165, 1.54) is 7.11 Å². The standard InChI is InChI=1S/C22H21Cl2N3O3/c1-13-17(14(2)27(26-13)16-9-10-18(23)19(24)11-16)12-20(28)25-21(22(29)30-3)15-7-5-4-6-8-15/h4-11,21H,12H2,1-3H3,(H,25,28)/t21-/m1/s1. The minimum Gasteiger partial charge on any atom is -0.467 e. The molecule has 156 valence electrons. The van der Waals surface area contributed by atoms with Crippen molar-refractivity contribution in [2.45, 2.75) is 26.3 Å². The molecule has 0 spiro atoms. The molecule has 8 heteroatoms. The molecule has 30 heavy (non-hydrogen) atoms. The van der Waals surface area contributed by atoms with Gasteiger partial charge in [-0.2, -0.15) is 5.10 Å². The zero-order chi connectivity index (χ0) is 21.8. The molecule has 0 bridgehead atoms. The van der Waals surface area contributed by atoms with Gasteiger partial charge in [-0.3, -0.25) is 4.79 Å². The molecule has 3 aromatic rings. The lowest BCUT2D eigenvalue weighted by molar-refractivity contribution is -0.145. The topological polar surface area (TPSA) is 73.2 Å². The molecule has 1 N–H and O–H groups in total. The number of nitrogens with zero attached hydrogens (tertiary/aromatic N) is 2. The zero-order valence-electron chi connectivity index (χ0n) is 16.8. The van der Waals surface area contributed by atoms with E-state index in [0.717, 1.165) is 16.9 Å². The number of hydrogen-bond acceptors (Lipinski definition) is 4. The van der Waals surface area contributed by atoms with Crippen LogP contribution in [-0.2, 0) is 20.7 Å². The fraction of sp³-hybridized carbons (Fsp3) is 0.227. The molecule has 0 fully saturated rings. The molecule has 1 aromatic heterocycles. The van der Waals surface area contributed by atoms with Gasteiger partial charge in [0.2, 0.25) is 5.91 Å². The summed E-state index contributed by atoms with van der Waals surface area (Å²) in [6, 6.07) is 13.3. The number of carbonyl (C=O) groups excluding carboxylic acids is 2. The molecular formula is C22H21Cl2N3O3. The van der Waals surface area contributed by atoms with Gasteiger partial charge in [-0.1, -0.05) is 53.5 Å². The summed E-state index contributed by atoms with van der Waals surface area (Å²) in [5.74, 6) is -0.844. The number of hydrogen-bond donors (Lipinski definition) is 1. The number of benzene rings is 2. The van der Waals surface area contributed by atoms with Crippen molar-refractivity contribution in [1.29, 1.82) is 0 Å². The molecule has 0 saturated heterocycles. The normalized spacial score (nSPS) is 11.8. The second kappa shape index (κ2) is 9.32. The molecule has 0 saturated carbocycles. The fourth-order valence-corrected chi connectivity index (χ4v) is 3.51. The maximum atomic E-state index is 12.8. The highest BCUT2D eigenvalue weighted by molar-refractivity contribution is 6.42. The summed E-state index contributed by atoms with van der Waals surface area (Å²) in [5, 5.41) is 8.18. The molecule has 2 aromatic carbocycles. The van der Waals surface area contributed by atoms with E-state index in [9.17, 15) is 9.59 Å². The largest absolute Gasteiger partial charge is 0.467 e. The average molecular weight is 446 g/mol. The van der Waals surface area contributed by atoms with Crippen LogP contribution in [0.25, 0.3) is 5.69 Å². The molecule has 0 radical (unpaired) electrons. The number of nitrogens with one attached hydrogen (secondary N) is 1. The van der Waals surface area contributed by atoms with Crippen molar-refractivity contribution < 1.29 is 14.3 Å². The highest BCUT2D eigenvalue weighted by Crippen LogP contribution is 2.26. The van der Waals surface area contributed by atoms with E-state index in [4.69, 9.17) is 27.9 Å². The van der Waals surface area contributed by atoms with Crippen LogP contribution in [0.3, 0.4) is 0 Å². The van der Waals surface area contributed by atoms with Gasteiger partial charge in [-0.05, 0) is 37.6 Å². The Morgan fingerprint density at radius 2 is 1.80 bits per heavy atom. The first-order chi connectivity index (χ1) is 14.3. The summed E-state index contributed by atoms with van der Waals surface area (Å²) in [4.78, 5) is 25.0. The first-order valence-electron chi connectivity index (χ1n) is 9.24. The molecule has 6 nitrogen and oxygen atoms in total. The minimum absolute atomic E-state index is 0.0688. The first kappa shape index (κ1) is 21.9. The van der Waals surface area contributed by atoms with E-state index in [2.05, 4.69) is 10.4 Å². The number of aromatic nitrogens is 2. The van der Waals surface area contributed by atoms with Crippen molar-refractivity contribution in [2.75, 3.05) is 7.11 Å². The Morgan fingerprint density at radius 1 is 1.10 bits per heavy atom. The van der Waals surface area contributed by atoms with Gasteiger partial charge in [0.05, 0.1) is 35.0 Å². The highest BCUT2D eigenvalue weighted by atomic mass is 35.5. The summed E-state index contributed by atoms with van der Waals surface area (Å²) >= 11 is 12.1. The highest BCUT2D eigenvalue weighted by Gasteiger charge is 2.25.